The van der Waals surface area contributed by atoms with Crippen molar-refractivity contribution in [2.45, 2.75) is 11.8 Å². The molecule has 1 aliphatic rings. The molecule has 1 aliphatic heterocycles. The van der Waals surface area contributed by atoms with Gasteiger partial charge in [0.25, 0.3) is 10.0 Å². The predicted octanol–water partition coefficient (Wildman–Crippen LogP) is 3.20. The van der Waals surface area contributed by atoms with Gasteiger partial charge in [-0.05, 0) is 37.3 Å². The number of aromatic nitrogens is 1. The molecular formula is C20H17N3O3S. The Morgan fingerprint density at radius 3 is 2.67 bits per heavy atom. The third-order valence-corrected chi connectivity index (χ3v) is 6.22. The summed E-state index contributed by atoms with van der Waals surface area (Å²) in [5, 5.41) is 2.69. The van der Waals surface area contributed by atoms with E-state index in [4.69, 9.17) is 0 Å². The number of fused-ring (bicyclic) bond motifs is 3. The number of hydrogen-bond acceptors (Lipinski definition) is 4. The number of rotatable bonds is 3. The second-order valence-electron chi connectivity index (χ2n) is 6.32. The van der Waals surface area contributed by atoms with E-state index in [0.29, 0.717) is 16.9 Å². The van der Waals surface area contributed by atoms with Crippen molar-refractivity contribution in [3.05, 3.63) is 72.6 Å². The lowest BCUT2D eigenvalue weighted by Crippen LogP contribution is -2.40. The normalized spacial score (nSPS) is 14.2. The molecule has 0 atom stereocenters. The van der Waals surface area contributed by atoms with Crippen LogP contribution in [0.2, 0.25) is 0 Å². The van der Waals surface area contributed by atoms with Gasteiger partial charge in [0.05, 0.1) is 22.5 Å². The molecule has 0 spiro atoms. The minimum atomic E-state index is -3.84. The van der Waals surface area contributed by atoms with Crippen molar-refractivity contribution < 1.29 is 13.2 Å². The first-order valence-electron chi connectivity index (χ1n) is 8.39. The highest BCUT2D eigenvalue weighted by Gasteiger charge is 2.35. The highest BCUT2D eigenvalue weighted by Crippen LogP contribution is 2.43. The van der Waals surface area contributed by atoms with Crippen molar-refractivity contribution in [2.24, 2.45) is 0 Å². The van der Waals surface area contributed by atoms with Crippen LogP contribution in [0.4, 0.5) is 11.4 Å². The molecule has 136 valence electrons. The maximum atomic E-state index is 13.2. The number of benzene rings is 2. The van der Waals surface area contributed by atoms with Crippen molar-refractivity contribution in [3.8, 4) is 11.1 Å². The molecule has 0 unspecified atom stereocenters. The van der Waals surface area contributed by atoms with E-state index in [0.717, 1.165) is 15.4 Å². The van der Waals surface area contributed by atoms with Gasteiger partial charge in [-0.2, -0.15) is 0 Å². The van der Waals surface area contributed by atoms with Crippen LogP contribution in [0.5, 0.6) is 0 Å². The van der Waals surface area contributed by atoms with Gasteiger partial charge in [0, 0.05) is 17.3 Å². The minimum absolute atomic E-state index is 0.206. The highest BCUT2D eigenvalue weighted by molar-refractivity contribution is 7.93. The Labute approximate surface area is 157 Å². The number of anilines is 2. The smallest absolute Gasteiger partial charge is 0.265 e. The van der Waals surface area contributed by atoms with Gasteiger partial charge in [0.1, 0.15) is 6.54 Å². The summed E-state index contributed by atoms with van der Waals surface area (Å²) in [7, 11) is -3.84. The fourth-order valence-electron chi connectivity index (χ4n) is 3.18. The summed E-state index contributed by atoms with van der Waals surface area (Å²) >= 11 is 0. The van der Waals surface area contributed by atoms with Crippen LogP contribution in [0.1, 0.15) is 5.56 Å². The summed E-state index contributed by atoms with van der Waals surface area (Å²) in [6.07, 6.45) is 3.11. The van der Waals surface area contributed by atoms with Gasteiger partial charge in [-0.15, -0.1) is 0 Å². The fraction of sp³-hybridized carbons (Fsp3) is 0.100. The minimum Gasteiger partial charge on any atom is -0.323 e. The van der Waals surface area contributed by atoms with E-state index in [2.05, 4.69) is 10.3 Å². The molecule has 1 amide bonds. The molecular weight excluding hydrogens is 362 g/mol. The molecule has 0 saturated carbocycles. The summed E-state index contributed by atoms with van der Waals surface area (Å²) in [4.78, 5) is 16.7. The number of carbonyl (C=O) groups is 1. The number of nitrogens with zero attached hydrogens (tertiary/aromatic N) is 2. The molecule has 2 heterocycles. The van der Waals surface area contributed by atoms with E-state index in [9.17, 15) is 13.2 Å². The molecule has 0 radical (unpaired) electrons. The van der Waals surface area contributed by atoms with Gasteiger partial charge < -0.3 is 5.32 Å². The molecule has 0 aliphatic carbocycles. The van der Waals surface area contributed by atoms with Gasteiger partial charge in [0.15, 0.2) is 0 Å². The molecule has 0 bridgehead atoms. The SMILES string of the molecule is Cc1ccc2c(c1)-c1ccccc1S(=O)(=O)N2CC(=O)Nc1cccnc1. The average molecular weight is 379 g/mol. The summed E-state index contributed by atoms with van der Waals surface area (Å²) in [5.41, 5.74) is 3.49. The van der Waals surface area contributed by atoms with Gasteiger partial charge in [-0.1, -0.05) is 29.8 Å². The van der Waals surface area contributed by atoms with Gasteiger partial charge in [-0.25, -0.2) is 8.42 Å². The van der Waals surface area contributed by atoms with Crippen LogP contribution in [0.15, 0.2) is 71.9 Å². The van der Waals surface area contributed by atoms with E-state index in [-0.39, 0.29) is 11.4 Å². The van der Waals surface area contributed by atoms with Crippen molar-refractivity contribution in [3.63, 3.8) is 0 Å². The van der Waals surface area contributed by atoms with Crippen molar-refractivity contribution in [1.29, 1.82) is 0 Å². The van der Waals surface area contributed by atoms with Crippen LogP contribution in [0.25, 0.3) is 11.1 Å². The van der Waals surface area contributed by atoms with E-state index in [1.165, 1.54) is 6.20 Å². The first-order valence-corrected chi connectivity index (χ1v) is 9.83. The molecule has 0 fully saturated rings. The lowest BCUT2D eigenvalue weighted by molar-refractivity contribution is -0.114. The van der Waals surface area contributed by atoms with Crippen LogP contribution in [0.3, 0.4) is 0 Å². The standard InChI is InChI=1S/C20H17N3O3S/c1-14-8-9-18-17(11-14)16-6-2-3-7-19(16)27(25,26)23(18)13-20(24)22-15-5-4-10-21-12-15/h2-12H,13H2,1H3,(H,22,24). The number of sulfonamides is 1. The van der Waals surface area contributed by atoms with Gasteiger partial charge >= 0.3 is 0 Å². The number of pyridine rings is 1. The molecule has 27 heavy (non-hydrogen) atoms. The van der Waals surface area contributed by atoms with Crippen molar-refractivity contribution >= 4 is 27.3 Å². The lowest BCUT2D eigenvalue weighted by Gasteiger charge is -2.31. The molecule has 7 heteroatoms. The van der Waals surface area contributed by atoms with Crippen LogP contribution in [-0.4, -0.2) is 25.9 Å². The zero-order valence-corrected chi connectivity index (χ0v) is 15.4. The largest absolute Gasteiger partial charge is 0.323 e. The van der Waals surface area contributed by atoms with Gasteiger partial charge in [0.2, 0.25) is 5.91 Å². The van der Waals surface area contributed by atoms with E-state index < -0.39 is 15.9 Å². The number of carbonyl (C=O) groups excluding carboxylic acids is 1. The molecule has 1 N–H and O–H groups in total. The Morgan fingerprint density at radius 1 is 1.07 bits per heavy atom. The molecule has 6 nitrogen and oxygen atoms in total. The first kappa shape index (κ1) is 17.2. The number of aryl methyl sites for hydroxylation is 1. The summed E-state index contributed by atoms with van der Waals surface area (Å²) in [5.74, 6) is -0.433. The van der Waals surface area contributed by atoms with Crippen LogP contribution in [0, 0.1) is 6.92 Å². The lowest BCUT2D eigenvalue weighted by atomic mass is 10.0. The zero-order valence-electron chi connectivity index (χ0n) is 14.6. The Hall–Kier alpha value is -3.19. The van der Waals surface area contributed by atoms with Gasteiger partial charge in [-0.3, -0.25) is 14.1 Å². The molecule has 4 rings (SSSR count). The summed E-state index contributed by atoms with van der Waals surface area (Å²) in [6, 6.07) is 15.8. The van der Waals surface area contributed by atoms with E-state index >= 15 is 0 Å². The second-order valence-corrected chi connectivity index (χ2v) is 8.15. The summed E-state index contributed by atoms with van der Waals surface area (Å²) < 4.78 is 27.5. The maximum absolute atomic E-state index is 13.2. The Morgan fingerprint density at radius 2 is 1.89 bits per heavy atom. The van der Waals surface area contributed by atoms with Crippen LogP contribution >= 0.6 is 0 Å². The second kappa shape index (κ2) is 6.51. The Balaban J connectivity index is 1.76. The molecule has 1 aromatic heterocycles. The topological polar surface area (TPSA) is 79.4 Å². The molecule has 2 aromatic carbocycles. The first-order chi connectivity index (χ1) is 13.0. The van der Waals surface area contributed by atoms with E-state index in [1.54, 1.807) is 42.6 Å². The Kier molecular flexibility index (Phi) is 4.16. The fourth-order valence-corrected chi connectivity index (χ4v) is 4.83. The predicted molar refractivity (Wildman–Crippen MR) is 104 cm³/mol. The quantitative estimate of drug-likeness (QED) is 0.758. The van der Waals surface area contributed by atoms with E-state index in [1.807, 2.05) is 25.1 Å². The highest BCUT2D eigenvalue weighted by atomic mass is 32.2. The molecule has 3 aromatic rings. The number of nitrogens with one attached hydrogen (secondary N) is 1. The van der Waals surface area contributed by atoms with Crippen molar-refractivity contribution in [1.82, 2.24) is 4.98 Å². The van der Waals surface area contributed by atoms with Crippen LogP contribution < -0.4 is 9.62 Å². The average Bonchev–Trinajstić information content (AvgIpc) is 2.66. The third kappa shape index (κ3) is 3.06. The monoisotopic (exact) mass is 379 g/mol. The summed E-state index contributed by atoms with van der Waals surface area (Å²) in [6.45, 7) is 1.63. The maximum Gasteiger partial charge on any atom is 0.265 e. The number of amides is 1. The zero-order chi connectivity index (χ0) is 19.0. The van der Waals surface area contributed by atoms with Crippen LogP contribution in [-0.2, 0) is 14.8 Å². The third-order valence-electron chi connectivity index (χ3n) is 4.40. The molecule has 0 saturated heterocycles. The Bertz CT molecular complexity index is 1130. The van der Waals surface area contributed by atoms with Crippen molar-refractivity contribution in [2.75, 3.05) is 16.2 Å². The number of hydrogen-bond donors (Lipinski definition) is 1.